The van der Waals surface area contributed by atoms with Crippen molar-refractivity contribution in [3.63, 3.8) is 0 Å². The number of carbonyl (C=O) groups is 1. The van der Waals surface area contributed by atoms with Gasteiger partial charge < -0.3 is 10.1 Å². The highest BCUT2D eigenvalue weighted by Gasteiger charge is 2.49. The maximum atomic E-state index is 12.8. The van der Waals surface area contributed by atoms with Gasteiger partial charge in [-0.15, -0.1) is 0 Å². The molecule has 0 aliphatic carbocycles. The Morgan fingerprint density at radius 3 is 2.58 bits per heavy atom. The van der Waals surface area contributed by atoms with Gasteiger partial charge in [0.2, 0.25) is 0 Å². The van der Waals surface area contributed by atoms with E-state index in [4.69, 9.17) is 4.74 Å². The van der Waals surface area contributed by atoms with Crippen molar-refractivity contribution in [2.75, 3.05) is 11.9 Å². The van der Waals surface area contributed by atoms with Crippen LogP contribution >= 0.6 is 0 Å². The van der Waals surface area contributed by atoms with Crippen molar-refractivity contribution in [2.24, 2.45) is 0 Å². The van der Waals surface area contributed by atoms with E-state index in [0.29, 0.717) is 12.2 Å². The zero-order valence-corrected chi connectivity index (χ0v) is 10.1. The van der Waals surface area contributed by atoms with Crippen molar-refractivity contribution in [3.05, 3.63) is 29.8 Å². The first-order valence-corrected chi connectivity index (χ1v) is 5.52. The molecule has 0 radical (unpaired) electrons. The highest BCUT2D eigenvalue weighted by Crippen LogP contribution is 2.26. The third-order valence-corrected chi connectivity index (χ3v) is 2.30. The molecule has 0 unspecified atom stereocenters. The Morgan fingerprint density at radius 2 is 2.00 bits per heavy atom. The first kappa shape index (κ1) is 15.4. The molecule has 0 aromatic heterocycles. The predicted octanol–water partition coefficient (Wildman–Crippen LogP) is 3.06. The third-order valence-electron chi connectivity index (χ3n) is 2.30. The fourth-order valence-electron chi connectivity index (χ4n) is 1.28. The summed E-state index contributed by atoms with van der Waals surface area (Å²) in [5, 5.41) is 1.79. The van der Waals surface area contributed by atoms with E-state index >= 15 is 0 Å². The molecule has 0 aliphatic rings. The van der Waals surface area contributed by atoms with Crippen molar-refractivity contribution < 1.29 is 27.1 Å². The number of nitrogens with one attached hydrogen (secondary N) is 1. The number of rotatable bonds is 6. The summed E-state index contributed by atoms with van der Waals surface area (Å²) in [6, 6.07) is 6.00. The molecule has 0 saturated heterocycles. The summed E-state index contributed by atoms with van der Waals surface area (Å²) < 4.78 is 54.8. The molecule has 0 atom stereocenters. The van der Waals surface area contributed by atoms with Crippen LogP contribution in [0.3, 0.4) is 0 Å². The van der Waals surface area contributed by atoms with Gasteiger partial charge in [-0.25, -0.2) is 8.78 Å². The average Bonchev–Trinajstić information content (AvgIpc) is 2.37. The third kappa shape index (κ3) is 3.92. The lowest BCUT2D eigenvalue weighted by Crippen LogP contribution is -2.41. The topological polar surface area (TPSA) is 38.3 Å². The van der Waals surface area contributed by atoms with Gasteiger partial charge >= 0.3 is 18.3 Å². The highest BCUT2D eigenvalue weighted by atomic mass is 19.3. The number of ether oxygens (including phenoxy) is 1. The molecule has 0 saturated carbocycles. The number of hydrogen-bond donors (Lipinski definition) is 1. The zero-order valence-electron chi connectivity index (χ0n) is 10.1. The summed E-state index contributed by atoms with van der Waals surface area (Å²) in [6.45, 7) is 2.23. The van der Waals surface area contributed by atoms with E-state index in [-0.39, 0.29) is 12.3 Å². The van der Waals surface area contributed by atoms with E-state index in [9.17, 15) is 22.4 Å². The highest BCUT2D eigenvalue weighted by molar-refractivity contribution is 5.96. The van der Waals surface area contributed by atoms with Crippen LogP contribution in [0.4, 0.5) is 23.2 Å². The monoisotopic (exact) mass is 279 g/mol. The second kappa shape index (κ2) is 6.51. The van der Waals surface area contributed by atoms with E-state index in [1.54, 1.807) is 24.4 Å². The minimum Gasteiger partial charge on any atom is -0.377 e. The minimum absolute atomic E-state index is 0.0290. The van der Waals surface area contributed by atoms with E-state index in [1.807, 2.05) is 0 Å². The summed E-state index contributed by atoms with van der Waals surface area (Å²) in [5.74, 6) is -6.76. The molecule has 0 fully saturated rings. The van der Waals surface area contributed by atoms with Crippen molar-refractivity contribution in [1.82, 2.24) is 0 Å². The van der Waals surface area contributed by atoms with Gasteiger partial charge in [0.25, 0.3) is 0 Å². The molecule has 19 heavy (non-hydrogen) atoms. The lowest BCUT2D eigenvalue weighted by molar-refractivity contribution is -0.163. The van der Waals surface area contributed by atoms with Crippen molar-refractivity contribution >= 4 is 11.6 Å². The molecule has 1 amide bonds. The molecule has 1 rings (SSSR count). The van der Waals surface area contributed by atoms with Crippen LogP contribution < -0.4 is 5.32 Å². The molecule has 0 bridgehead atoms. The van der Waals surface area contributed by atoms with Crippen LogP contribution in [0.15, 0.2) is 24.3 Å². The summed E-state index contributed by atoms with van der Waals surface area (Å²) >= 11 is 0. The lowest BCUT2D eigenvalue weighted by atomic mass is 10.2. The summed E-state index contributed by atoms with van der Waals surface area (Å²) in [5.41, 5.74) is 0.462. The molecule has 1 aromatic carbocycles. The zero-order chi connectivity index (χ0) is 14.5. The summed E-state index contributed by atoms with van der Waals surface area (Å²) in [4.78, 5) is 11.1. The Labute approximate surface area is 107 Å². The number of alkyl halides is 4. The number of amides is 1. The fourth-order valence-corrected chi connectivity index (χ4v) is 1.28. The number of para-hydroxylation sites is 1. The molecular formula is C12H13F4NO2. The quantitative estimate of drug-likeness (QED) is 0.813. The second-order valence-corrected chi connectivity index (χ2v) is 3.67. The van der Waals surface area contributed by atoms with Gasteiger partial charge in [0.15, 0.2) is 0 Å². The second-order valence-electron chi connectivity index (χ2n) is 3.67. The Hall–Kier alpha value is -1.63. The van der Waals surface area contributed by atoms with Gasteiger partial charge in [0.05, 0.1) is 6.61 Å². The first-order chi connectivity index (χ1) is 8.89. The normalized spacial score (nSPS) is 11.7. The van der Waals surface area contributed by atoms with E-state index in [0.717, 1.165) is 0 Å². The lowest BCUT2D eigenvalue weighted by Gasteiger charge is -2.16. The standard InChI is InChI=1S/C12H13F4NO2/c1-2-19-7-8-5-3-4-6-9(8)17-11(18)12(15,16)10(13)14/h3-6,10H,2,7H2,1H3,(H,17,18). The minimum atomic E-state index is -4.72. The Morgan fingerprint density at radius 1 is 1.37 bits per heavy atom. The molecule has 0 aliphatic heterocycles. The van der Waals surface area contributed by atoms with E-state index < -0.39 is 18.3 Å². The van der Waals surface area contributed by atoms with Crippen LogP contribution in [0, 0.1) is 0 Å². The first-order valence-electron chi connectivity index (χ1n) is 5.52. The number of hydrogen-bond acceptors (Lipinski definition) is 2. The molecule has 106 valence electrons. The van der Waals surface area contributed by atoms with E-state index in [2.05, 4.69) is 0 Å². The van der Waals surface area contributed by atoms with Gasteiger partial charge in [0.1, 0.15) is 0 Å². The number of anilines is 1. The van der Waals surface area contributed by atoms with Crippen LogP contribution in [-0.2, 0) is 16.1 Å². The molecule has 1 N–H and O–H groups in total. The molecule has 0 spiro atoms. The van der Waals surface area contributed by atoms with Gasteiger partial charge in [-0.1, -0.05) is 18.2 Å². The maximum absolute atomic E-state index is 12.8. The number of carbonyl (C=O) groups excluding carboxylic acids is 1. The van der Waals surface area contributed by atoms with Gasteiger partial charge in [-0.3, -0.25) is 4.79 Å². The SMILES string of the molecule is CCOCc1ccccc1NC(=O)C(F)(F)C(F)F. The van der Waals surface area contributed by atoms with Crippen molar-refractivity contribution in [2.45, 2.75) is 25.9 Å². The molecular weight excluding hydrogens is 266 g/mol. The summed E-state index contributed by atoms with van der Waals surface area (Å²) in [7, 11) is 0. The van der Waals surface area contributed by atoms with Crippen LogP contribution in [0.25, 0.3) is 0 Å². The van der Waals surface area contributed by atoms with Crippen LogP contribution in [0.2, 0.25) is 0 Å². The number of benzene rings is 1. The molecule has 3 nitrogen and oxygen atoms in total. The van der Waals surface area contributed by atoms with Gasteiger partial charge in [0, 0.05) is 17.9 Å². The molecule has 0 heterocycles. The Balaban J connectivity index is 2.85. The predicted molar refractivity (Wildman–Crippen MR) is 61.4 cm³/mol. The van der Waals surface area contributed by atoms with Crippen LogP contribution in [0.5, 0.6) is 0 Å². The maximum Gasteiger partial charge on any atom is 0.383 e. The van der Waals surface area contributed by atoms with Crippen molar-refractivity contribution in [1.29, 1.82) is 0 Å². The smallest absolute Gasteiger partial charge is 0.377 e. The average molecular weight is 279 g/mol. The molecule has 1 aromatic rings. The van der Waals surface area contributed by atoms with Crippen LogP contribution in [0.1, 0.15) is 12.5 Å². The van der Waals surface area contributed by atoms with Crippen LogP contribution in [-0.4, -0.2) is 24.9 Å². The Bertz CT molecular complexity index is 437. The fraction of sp³-hybridized carbons (Fsp3) is 0.417. The van der Waals surface area contributed by atoms with E-state index in [1.165, 1.54) is 12.1 Å². The Kier molecular flexibility index (Phi) is 5.29. The van der Waals surface area contributed by atoms with Gasteiger partial charge in [-0.05, 0) is 13.0 Å². The number of halogens is 4. The van der Waals surface area contributed by atoms with Crippen molar-refractivity contribution in [3.8, 4) is 0 Å². The summed E-state index contributed by atoms with van der Waals surface area (Å²) in [6.07, 6.45) is -4.05. The largest absolute Gasteiger partial charge is 0.383 e. The molecule has 7 heteroatoms. The van der Waals surface area contributed by atoms with Gasteiger partial charge in [-0.2, -0.15) is 8.78 Å².